The number of ether oxygens (including phenoxy) is 2. The summed E-state index contributed by atoms with van der Waals surface area (Å²) in [6, 6.07) is 23.4. The molecule has 4 rings (SSSR count). The third-order valence-electron chi connectivity index (χ3n) is 5.50. The second kappa shape index (κ2) is 7.66. The lowest BCUT2D eigenvalue weighted by Gasteiger charge is -2.29. The molecule has 0 amide bonds. The number of aliphatic hydroxyl groups is 1. The van der Waals surface area contributed by atoms with Crippen molar-refractivity contribution in [2.75, 3.05) is 13.7 Å². The van der Waals surface area contributed by atoms with E-state index in [9.17, 15) is 5.11 Å². The predicted molar refractivity (Wildman–Crippen MR) is 110 cm³/mol. The molecule has 0 aromatic heterocycles. The van der Waals surface area contributed by atoms with E-state index in [4.69, 9.17) is 15.2 Å². The Morgan fingerprint density at radius 3 is 2.14 bits per heavy atom. The van der Waals surface area contributed by atoms with Crippen LogP contribution in [0.1, 0.15) is 22.3 Å². The van der Waals surface area contributed by atoms with E-state index in [1.807, 2.05) is 48.5 Å². The number of hydrogen-bond donors (Lipinski definition) is 2. The van der Waals surface area contributed by atoms with Gasteiger partial charge in [-0.05, 0) is 34.4 Å². The quantitative estimate of drug-likeness (QED) is 0.693. The van der Waals surface area contributed by atoms with E-state index >= 15 is 0 Å². The molecule has 0 fully saturated rings. The number of benzene rings is 3. The van der Waals surface area contributed by atoms with Gasteiger partial charge < -0.3 is 20.3 Å². The summed E-state index contributed by atoms with van der Waals surface area (Å²) < 4.78 is 11.8. The van der Waals surface area contributed by atoms with Crippen LogP contribution in [0.3, 0.4) is 0 Å². The predicted octanol–water partition coefficient (Wildman–Crippen LogP) is 3.44. The maximum atomic E-state index is 11.3. The average molecular weight is 375 g/mol. The van der Waals surface area contributed by atoms with Crippen molar-refractivity contribution in [1.82, 2.24) is 0 Å². The minimum Gasteiger partial charge on any atom is -0.493 e. The third kappa shape index (κ3) is 3.37. The molecule has 28 heavy (non-hydrogen) atoms. The molecule has 0 aliphatic heterocycles. The molecule has 0 saturated carbocycles. The molecule has 0 heterocycles. The lowest BCUT2D eigenvalue weighted by atomic mass is 9.86. The number of methoxy groups -OCH3 is 1. The maximum absolute atomic E-state index is 11.3. The Morgan fingerprint density at radius 1 is 0.893 bits per heavy atom. The Labute approximate surface area is 165 Å². The topological polar surface area (TPSA) is 64.7 Å². The van der Waals surface area contributed by atoms with Gasteiger partial charge in [0.1, 0.15) is 11.7 Å². The van der Waals surface area contributed by atoms with Crippen LogP contribution in [0.5, 0.6) is 11.5 Å². The van der Waals surface area contributed by atoms with Crippen molar-refractivity contribution in [3.8, 4) is 11.5 Å². The lowest BCUT2D eigenvalue weighted by Crippen LogP contribution is -2.36. The maximum Gasteiger partial charge on any atom is 0.161 e. The van der Waals surface area contributed by atoms with Crippen LogP contribution in [-0.2, 0) is 18.4 Å². The smallest absolute Gasteiger partial charge is 0.161 e. The van der Waals surface area contributed by atoms with Crippen LogP contribution in [0.4, 0.5) is 0 Å². The Hall–Kier alpha value is -2.82. The molecule has 0 spiro atoms. The number of hydrogen-bond acceptors (Lipinski definition) is 4. The zero-order chi connectivity index (χ0) is 19.6. The monoisotopic (exact) mass is 375 g/mol. The van der Waals surface area contributed by atoms with E-state index in [1.54, 1.807) is 7.11 Å². The van der Waals surface area contributed by atoms with Gasteiger partial charge in [0.25, 0.3) is 0 Å². The minimum atomic E-state index is -1.29. The number of fused-ring (bicyclic) bond motifs is 1. The molecule has 0 bridgehead atoms. The van der Waals surface area contributed by atoms with Crippen LogP contribution < -0.4 is 15.2 Å². The summed E-state index contributed by atoms with van der Waals surface area (Å²) in [5, 5.41) is 11.3. The molecule has 3 aromatic carbocycles. The summed E-state index contributed by atoms with van der Waals surface area (Å²) in [6.45, 7) is 0.0671. The Balaban J connectivity index is 1.65. The van der Waals surface area contributed by atoms with Gasteiger partial charge in [0.15, 0.2) is 11.5 Å². The first-order valence-corrected chi connectivity index (χ1v) is 9.54. The fourth-order valence-electron chi connectivity index (χ4n) is 3.92. The highest BCUT2D eigenvalue weighted by molar-refractivity contribution is 5.48. The SMILES string of the molecule is COc1ccc(C(O)(CN)c2ccccc2)cc1OC1Cc2ccccc2C1. The van der Waals surface area contributed by atoms with Crippen LogP contribution in [0.25, 0.3) is 0 Å². The van der Waals surface area contributed by atoms with Crippen molar-refractivity contribution in [3.63, 3.8) is 0 Å². The molecule has 0 radical (unpaired) electrons. The van der Waals surface area contributed by atoms with Crippen molar-refractivity contribution in [1.29, 1.82) is 0 Å². The highest BCUT2D eigenvalue weighted by atomic mass is 16.5. The molecule has 4 heteroatoms. The fraction of sp³-hybridized carbons (Fsp3) is 0.250. The molecule has 1 unspecified atom stereocenters. The second-order valence-electron chi connectivity index (χ2n) is 7.21. The van der Waals surface area contributed by atoms with Gasteiger partial charge in [-0.1, -0.05) is 60.7 Å². The van der Waals surface area contributed by atoms with E-state index in [1.165, 1.54) is 11.1 Å². The minimum absolute atomic E-state index is 0.0456. The fourth-order valence-corrected chi connectivity index (χ4v) is 3.92. The number of nitrogens with two attached hydrogens (primary N) is 1. The van der Waals surface area contributed by atoms with Crippen molar-refractivity contribution >= 4 is 0 Å². The summed E-state index contributed by atoms with van der Waals surface area (Å²) in [4.78, 5) is 0. The molecule has 0 saturated heterocycles. The highest BCUT2D eigenvalue weighted by Crippen LogP contribution is 2.37. The molecular weight excluding hydrogens is 350 g/mol. The molecule has 3 N–H and O–H groups in total. The summed E-state index contributed by atoms with van der Waals surface area (Å²) in [6.07, 6.45) is 1.77. The Morgan fingerprint density at radius 2 is 1.54 bits per heavy atom. The van der Waals surface area contributed by atoms with Gasteiger partial charge in [0, 0.05) is 19.4 Å². The first-order chi connectivity index (χ1) is 13.6. The van der Waals surface area contributed by atoms with Crippen LogP contribution in [0.2, 0.25) is 0 Å². The van der Waals surface area contributed by atoms with E-state index in [-0.39, 0.29) is 12.6 Å². The zero-order valence-electron chi connectivity index (χ0n) is 16.0. The normalized spacial score (nSPS) is 15.7. The van der Waals surface area contributed by atoms with Crippen LogP contribution in [-0.4, -0.2) is 24.9 Å². The van der Waals surface area contributed by atoms with Crippen LogP contribution in [0, 0.1) is 0 Å². The standard InChI is InChI=1S/C24H25NO3/c1-27-22-12-11-20(24(26,16-25)19-9-3-2-4-10-19)15-23(22)28-21-13-17-7-5-6-8-18(17)14-21/h2-12,15,21,26H,13-14,16,25H2,1H3. The van der Waals surface area contributed by atoms with Crippen molar-refractivity contribution in [3.05, 3.63) is 95.1 Å². The Kier molecular flexibility index (Phi) is 5.07. The van der Waals surface area contributed by atoms with Gasteiger partial charge in [0.2, 0.25) is 0 Å². The van der Waals surface area contributed by atoms with E-state index in [2.05, 4.69) is 24.3 Å². The summed E-state index contributed by atoms with van der Waals surface area (Å²) in [5.74, 6) is 1.27. The van der Waals surface area contributed by atoms with Crippen LogP contribution >= 0.6 is 0 Å². The number of rotatable bonds is 6. The van der Waals surface area contributed by atoms with Crippen molar-refractivity contribution in [2.24, 2.45) is 5.73 Å². The molecule has 1 aliphatic rings. The van der Waals surface area contributed by atoms with Gasteiger partial charge in [-0.25, -0.2) is 0 Å². The van der Waals surface area contributed by atoms with E-state index in [0.29, 0.717) is 17.1 Å². The van der Waals surface area contributed by atoms with Crippen LogP contribution in [0.15, 0.2) is 72.8 Å². The zero-order valence-corrected chi connectivity index (χ0v) is 16.0. The van der Waals surface area contributed by atoms with Gasteiger partial charge in [0.05, 0.1) is 7.11 Å². The van der Waals surface area contributed by atoms with Gasteiger partial charge in [-0.15, -0.1) is 0 Å². The second-order valence-corrected chi connectivity index (χ2v) is 7.21. The van der Waals surface area contributed by atoms with Crippen molar-refractivity contribution < 1.29 is 14.6 Å². The third-order valence-corrected chi connectivity index (χ3v) is 5.50. The lowest BCUT2D eigenvalue weighted by molar-refractivity contribution is 0.0894. The van der Waals surface area contributed by atoms with Gasteiger partial charge in [-0.2, -0.15) is 0 Å². The molecule has 144 valence electrons. The summed E-state index contributed by atoms with van der Waals surface area (Å²) >= 11 is 0. The first kappa shape index (κ1) is 18.5. The highest BCUT2D eigenvalue weighted by Gasteiger charge is 2.31. The average Bonchev–Trinajstić information content (AvgIpc) is 3.16. The first-order valence-electron chi connectivity index (χ1n) is 9.54. The van der Waals surface area contributed by atoms with Gasteiger partial charge >= 0.3 is 0 Å². The summed E-state index contributed by atoms with van der Waals surface area (Å²) in [7, 11) is 1.62. The molecular formula is C24H25NO3. The van der Waals surface area contributed by atoms with Gasteiger partial charge in [-0.3, -0.25) is 0 Å². The largest absolute Gasteiger partial charge is 0.493 e. The summed E-state index contributed by atoms with van der Waals surface area (Å²) in [5.41, 5.74) is 8.79. The Bertz CT molecular complexity index is 932. The van der Waals surface area contributed by atoms with E-state index in [0.717, 1.165) is 18.4 Å². The van der Waals surface area contributed by atoms with Crippen molar-refractivity contribution in [2.45, 2.75) is 24.5 Å². The van der Waals surface area contributed by atoms with E-state index < -0.39 is 5.60 Å². The molecule has 1 atom stereocenters. The molecule has 4 nitrogen and oxygen atoms in total. The molecule has 3 aromatic rings. The molecule has 1 aliphatic carbocycles.